The molecule has 1 aromatic heterocycles. The summed E-state index contributed by atoms with van der Waals surface area (Å²) in [6.45, 7) is 7.24. The van der Waals surface area contributed by atoms with Gasteiger partial charge in [0.15, 0.2) is 0 Å². The normalized spacial score (nSPS) is 23.5. The number of aromatic nitrogens is 1. The lowest BCUT2D eigenvalue weighted by Crippen LogP contribution is -2.53. The molecular formula is C47H57ClN2O5. The number of fused-ring (bicyclic) bond motifs is 3. The molecule has 55 heavy (non-hydrogen) atoms. The van der Waals surface area contributed by atoms with E-state index in [-0.39, 0.29) is 5.41 Å². The third-order valence-corrected chi connectivity index (χ3v) is 12.8. The zero-order chi connectivity index (χ0) is 38.3. The molecule has 0 saturated heterocycles. The van der Waals surface area contributed by atoms with Crippen molar-refractivity contribution < 1.29 is 24.1 Å². The van der Waals surface area contributed by atoms with E-state index in [1.54, 1.807) is 0 Å². The fraction of sp³-hybridized carbons (Fsp3) is 0.489. The van der Waals surface area contributed by atoms with E-state index >= 15 is 0 Å². The monoisotopic (exact) mass is 764 g/mol. The zero-order valence-electron chi connectivity index (χ0n) is 32.5. The lowest BCUT2D eigenvalue weighted by atomic mass is 9.59. The molecule has 3 aliphatic rings. The Morgan fingerprint density at radius 2 is 1.78 bits per heavy atom. The van der Waals surface area contributed by atoms with Gasteiger partial charge < -0.3 is 24.6 Å². The van der Waals surface area contributed by atoms with Crippen molar-refractivity contribution in [3.05, 3.63) is 118 Å². The number of pyridine rings is 1. The van der Waals surface area contributed by atoms with Crippen molar-refractivity contribution in [3.63, 3.8) is 0 Å². The average molecular weight is 765 g/mol. The number of hydrogen-bond acceptors (Lipinski definition) is 6. The number of carboxylic acid groups (broad SMARTS) is 1. The molecule has 3 aromatic carbocycles. The van der Waals surface area contributed by atoms with Crippen LogP contribution >= 0.6 is 11.6 Å². The summed E-state index contributed by atoms with van der Waals surface area (Å²) in [6.07, 6.45) is 12.7. The molecule has 2 N–H and O–H groups in total. The number of nitrogens with one attached hydrogen (secondary N) is 1. The van der Waals surface area contributed by atoms with Gasteiger partial charge >= 0.3 is 5.97 Å². The van der Waals surface area contributed by atoms with Crippen molar-refractivity contribution in [2.45, 2.75) is 108 Å². The maximum atomic E-state index is 13.0. The van der Waals surface area contributed by atoms with E-state index in [9.17, 15) is 9.90 Å². The van der Waals surface area contributed by atoms with Gasteiger partial charge in [0, 0.05) is 47.8 Å². The highest BCUT2D eigenvalue weighted by Crippen LogP contribution is 2.57. The number of benzene rings is 3. The second-order valence-corrected chi connectivity index (χ2v) is 16.9. The third kappa shape index (κ3) is 9.16. The van der Waals surface area contributed by atoms with Crippen LogP contribution in [-0.4, -0.2) is 48.0 Å². The molecule has 3 atom stereocenters. The molecule has 292 valence electrons. The second-order valence-electron chi connectivity index (χ2n) is 16.4. The zero-order valence-corrected chi connectivity index (χ0v) is 33.3. The first-order chi connectivity index (χ1) is 26.7. The number of carboxylic acids is 1. The van der Waals surface area contributed by atoms with Crippen LogP contribution in [0.2, 0.25) is 5.02 Å². The molecule has 0 unspecified atom stereocenters. The van der Waals surface area contributed by atoms with Crippen LogP contribution in [0.25, 0.3) is 0 Å². The van der Waals surface area contributed by atoms with Crippen molar-refractivity contribution in [1.82, 2.24) is 4.98 Å². The van der Waals surface area contributed by atoms with E-state index in [0.29, 0.717) is 55.4 Å². The van der Waals surface area contributed by atoms with Crippen LogP contribution in [-0.2, 0) is 34.2 Å². The molecule has 1 heterocycles. The molecule has 0 radical (unpaired) electrons. The van der Waals surface area contributed by atoms with Gasteiger partial charge in [0.05, 0.1) is 13.2 Å². The molecule has 4 aromatic rings. The number of anilines is 1. The van der Waals surface area contributed by atoms with Crippen LogP contribution in [0.4, 0.5) is 5.69 Å². The summed E-state index contributed by atoms with van der Waals surface area (Å²) in [4.78, 5) is 17.7. The summed E-state index contributed by atoms with van der Waals surface area (Å²) in [6, 6.07) is 26.6. The maximum Gasteiger partial charge on any atom is 0.329 e. The summed E-state index contributed by atoms with van der Waals surface area (Å²) < 4.78 is 18.9. The standard InChI is InChI=1S/C47H57ClN2O5/c1-33(32-55-43-19-24-49-42-16-6-10-34(2)44(42)43)28-37-29-36-17-18-40(54-27-9-26-53-25-8-13-35-11-4-3-5-12-35)31-41(36)46(37)20-22-47(23-21-46,45(51)52)50-39-15-7-14-38(48)30-39/h3-5,7,11-12,14-15,17-19,24,30-31,33-34,37,50H,6,8-10,13,16,20-23,25-29,32H2,1-2H3,(H,51,52)/t33-,34-,37+,46?,47?/m1/s1. The van der Waals surface area contributed by atoms with E-state index in [4.69, 9.17) is 25.8 Å². The van der Waals surface area contributed by atoms with Gasteiger partial charge in [-0.05, 0) is 147 Å². The molecule has 1 saturated carbocycles. The van der Waals surface area contributed by atoms with E-state index in [0.717, 1.165) is 75.2 Å². The van der Waals surface area contributed by atoms with Crippen molar-refractivity contribution in [3.8, 4) is 11.5 Å². The number of nitrogens with zero attached hydrogens (tertiary/aromatic N) is 1. The summed E-state index contributed by atoms with van der Waals surface area (Å²) >= 11 is 6.31. The van der Waals surface area contributed by atoms with Gasteiger partial charge in [-0.15, -0.1) is 0 Å². The van der Waals surface area contributed by atoms with Gasteiger partial charge in [0.2, 0.25) is 0 Å². The van der Waals surface area contributed by atoms with Gasteiger partial charge in [-0.2, -0.15) is 0 Å². The molecular weight excluding hydrogens is 708 g/mol. The molecule has 1 spiro atoms. The lowest BCUT2D eigenvalue weighted by molar-refractivity contribution is -0.144. The average Bonchev–Trinajstić information content (AvgIpc) is 3.47. The van der Waals surface area contributed by atoms with Gasteiger partial charge in [-0.3, -0.25) is 4.98 Å². The van der Waals surface area contributed by atoms with Gasteiger partial charge in [-0.25, -0.2) is 4.79 Å². The predicted molar refractivity (Wildman–Crippen MR) is 220 cm³/mol. The minimum atomic E-state index is -1.07. The minimum absolute atomic E-state index is 0.149. The van der Waals surface area contributed by atoms with E-state index in [1.165, 1.54) is 40.8 Å². The van der Waals surface area contributed by atoms with Crippen LogP contribution in [0.15, 0.2) is 85.1 Å². The van der Waals surface area contributed by atoms with Gasteiger partial charge in [0.25, 0.3) is 0 Å². The third-order valence-electron chi connectivity index (χ3n) is 12.6. The summed E-state index contributed by atoms with van der Waals surface area (Å²) in [7, 11) is 0. The number of aryl methyl sites for hydroxylation is 2. The summed E-state index contributed by atoms with van der Waals surface area (Å²) in [5.41, 5.74) is 6.04. The molecule has 8 heteroatoms. The predicted octanol–water partition coefficient (Wildman–Crippen LogP) is 10.6. The Labute approximate surface area is 332 Å². The Hall–Kier alpha value is -4.07. The fourth-order valence-electron chi connectivity index (χ4n) is 9.64. The van der Waals surface area contributed by atoms with E-state index < -0.39 is 11.5 Å². The van der Waals surface area contributed by atoms with Crippen LogP contribution in [0.5, 0.6) is 11.5 Å². The van der Waals surface area contributed by atoms with E-state index in [1.807, 2.05) is 42.6 Å². The Bertz CT molecular complexity index is 1890. The number of rotatable bonds is 17. The van der Waals surface area contributed by atoms with Crippen molar-refractivity contribution in [2.24, 2.45) is 11.8 Å². The molecule has 0 amide bonds. The first kappa shape index (κ1) is 39.2. The van der Waals surface area contributed by atoms with Crippen molar-refractivity contribution in [2.75, 3.05) is 31.7 Å². The van der Waals surface area contributed by atoms with Crippen molar-refractivity contribution in [1.29, 1.82) is 0 Å². The highest BCUT2D eigenvalue weighted by molar-refractivity contribution is 6.30. The minimum Gasteiger partial charge on any atom is -0.493 e. The Morgan fingerprint density at radius 1 is 0.964 bits per heavy atom. The van der Waals surface area contributed by atoms with E-state index in [2.05, 4.69) is 66.6 Å². The van der Waals surface area contributed by atoms with Gasteiger partial charge in [0.1, 0.15) is 17.0 Å². The summed E-state index contributed by atoms with van der Waals surface area (Å²) in [5.74, 6) is 2.20. The molecule has 0 bridgehead atoms. The number of hydrogen-bond donors (Lipinski definition) is 2. The maximum absolute atomic E-state index is 13.0. The summed E-state index contributed by atoms with van der Waals surface area (Å²) in [5, 5.41) is 14.7. The number of ether oxygens (including phenoxy) is 3. The second kappa shape index (κ2) is 17.8. The Morgan fingerprint density at radius 3 is 2.58 bits per heavy atom. The molecule has 0 aliphatic heterocycles. The fourth-order valence-corrected chi connectivity index (χ4v) is 9.83. The molecule has 1 fully saturated rings. The lowest BCUT2D eigenvalue weighted by Gasteiger charge is -2.47. The van der Waals surface area contributed by atoms with Crippen molar-refractivity contribution >= 4 is 23.3 Å². The van der Waals surface area contributed by atoms with Gasteiger partial charge in [-0.1, -0.05) is 67.9 Å². The SMILES string of the molecule is C[C@@H](COc1ccnc2c1[C@H](C)CCC2)C[C@H]1Cc2ccc(OCCCOCCCc3ccccc3)cc2C12CCC(Nc1cccc(Cl)c1)(C(=O)O)CC2. The highest BCUT2D eigenvalue weighted by atomic mass is 35.5. The van der Waals surface area contributed by atoms with Crippen LogP contribution in [0, 0.1) is 11.8 Å². The molecule has 3 aliphatic carbocycles. The molecule has 7 rings (SSSR count). The van der Waals surface area contributed by atoms with Crippen LogP contribution in [0.3, 0.4) is 0 Å². The van der Waals surface area contributed by atoms with Crippen LogP contribution in [0.1, 0.15) is 106 Å². The topological polar surface area (TPSA) is 89.9 Å². The Balaban J connectivity index is 1.02. The number of carbonyl (C=O) groups is 1. The number of halogens is 1. The molecule has 7 nitrogen and oxygen atoms in total. The first-order valence-corrected chi connectivity index (χ1v) is 20.9. The Kier molecular flexibility index (Phi) is 12.7. The smallest absolute Gasteiger partial charge is 0.329 e. The van der Waals surface area contributed by atoms with Crippen LogP contribution < -0.4 is 14.8 Å². The quantitative estimate of drug-likeness (QED) is 0.103. The largest absolute Gasteiger partial charge is 0.493 e. The highest BCUT2D eigenvalue weighted by Gasteiger charge is 2.54. The first-order valence-electron chi connectivity index (χ1n) is 20.5. The number of aliphatic carboxylic acids is 1.